The number of ether oxygens (including phenoxy) is 1. The number of sulfonamides is 1. The van der Waals surface area contributed by atoms with Gasteiger partial charge in [0, 0.05) is 30.4 Å². The maximum absolute atomic E-state index is 13.1. The fourth-order valence-corrected chi connectivity index (χ4v) is 5.39. The van der Waals surface area contributed by atoms with Gasteiger partial charge in [0.25, 0.3) is 10.0 Å². The number of aryl methyl sites for hydroxylation is 2. The van der Waals surface area contributed by atoms with E-state index in [0.29, 0.717) is 30.9 Å². The van der Waals surface area contributed by atoms with E-state index in [0.717, 1.165) is 16.7 Å². The number of hydrogen-bond donors (Lipinski definition) is 3. The van der Waals surface area contributed by atoms with Crippen molar-refractivity contribution in [1.29, 1.82) is 0 Å². The summed E-state index contributed by atoms with van der Waals surface area (Å²) in [5.41, 5.74) is 3.83. The smallest absolute Gasteiger partial charge is 0.264 e. The van der Waals surface area contributed by atoms with Gasteiger partial charge in [0.05, 0.1) is 16.5 Å². The molecule has 3 N–H and O–H groups in total. The van der Waals surface area contributed by atoms with E-state index in [-0.39, 0.29) is 34.7 Å². The van der Waals surface area contributed by atoms with Gasteiger partial charge >= 0.3 is 0 Å². The molecule has 0 radical (unpaired) electrons. The molecule has 0 aliphatic carbocycles. The fourth-order valence-electron chi connectivity index (χ4n) is 4.40. The zero-order valence-corrected chi connectivity index (χ0v) is 19.6. The molecule has 9 nitrogen and oxygen atoms in total. The summed E-state index contributed by atoms with van der Waals surface area (Å²) < 4.78 is 34.9. The average molecular weight is 480 g/mol. The molecule has 2 aliphatic heterocycles. The Labute approximate surface area is 198 Å². The number of nitrogens with zero attached hydrogens (tertiary/aromatic N) is 2. The molecule has 2 atom stereocenters. The van der Waals surface area contributed by atoms with Crippen LogP contribution in [-0.2, 0) is 14.8 Å². The van der Waals surface area contributed by atoms with E-state index in [9.17, 15) is 13.2 Å². The van der Waals surface area contributed by atoms with Gasteiger partial charge in [-0.2, -0.15) is 4.98 Å². The SMILES string of the molecule is Cc1cccc(C)c1-c1cc2nc(n1)NS(=O)(=O)c1cccc(c1)NC(=O)[C@@H]1CNC[C@@H](C1)O2. The van der Waals surface area contributed by atoms with Crippen molar-refractivity contribution in [3.05, 3.63) is 59.7 Å². The van der Waals surface area contributed by atoms with Crippen LogP contribution in [0.15, 0.2) is 53.4 Å². The number of amides is 1. The number of nitrogens with one attached hydrogen (secondary N) is 3. The summed E-state index contributed by atoms with van der Waals surface area (Å²) in [6.07, 6.45) is 0.187. The molecule has 3 heterocycles. The van der Waals surface area contributed by atoms with Gasteiger partial charge in [-0.05, 0) is 49.6 Å². The summed E-state index contributed by atoms with van der Waals surface area (Å²) in [5, 5.41) is 6.07. The Hall–Kier alpha value is -3.50. The fraction of sp³-hybridized carbons (Fsp3) is 0.292. The molecule has 1 aromatic heterocycles. The second-order valence-electron chi connectivity index (χ2n) is 8.64. The molecule has 1 saturated heterocycles. The Bertz CT molecular complexity index is 1360. The standard InChI is InChI=1S/C24H25N5O4S/c1-14-5-3-6-15(2)22(14)20-11-21-28-24(27-20)29-34(31,32)19-8-4-7-17(10-19)26-23(30)16-9-18(33-21)13-25-12-16/h3-8,10-11,16,18,25H,9,12-13H2,1-2H3,(H,26,30)(H,27,28,29)/t16-,18+/m0/s1. The topological polar surface area (TPSA) is 122 Å². The molecule has 3 aromatic rings. The minimum atomic E-state index is -4.02. The molecule has 1 fully saturated rings. The van der Waals surface area contributed by atoms with Crippen LogP contribution >= 0.6 is 0 Å². The molecule has 6 bridgehead atoms. The Kier molecular flexibility index (Phi) is 5.70. The first-order chi connectivity index (χ1) is 16.3. The van der Waals surface area contributed by atoms with Crippen LogP contribution in [0.1, 0.15) is 17.5 Å². The molecule has 5 rings (SSSR count). The highest BCUT2D eigenvalue weighted by atomic mass is 32.2. The molecule has 2 aliphatic rings. The number of carbonyl (C=O) groups excluding carboxylic acids is 1. The van der Waals surface area contributed by atoms with Crippen LogP contribution < -0.4 is 20.1 Å². The highest BCUT2D eigenvalue weighted by Crippen LogP contribution is 2.30. The van der Waals surface area contributed by atoms with Gasteiger partial charge in [-0.15, -0.1) is 0 Å². The zero-order chi connectivity index (χ0) is 23.9. The minimum absolute atomic E-state index is 0.00875. The second kappa shape index (κ2) is 8.69. The van der Waals surface area contributed by atoms with Crippen LogP contribution in [0, 0.1) is 19.8 Å². The number of benzene rings is 2. The number of carbonyl (C=O) groups is 1. The molecule has 0 saturated carbocycles. The van der Waals surface area contributed by atoms with Gasteiger partial charge < -0.3 is 15.4 Å². The van der Waals surface area contributed by atoms with E-state index in [2.05, 4.69) is 25.3 Å². The number of aromatic nitrogens is 2. The minimum Gasteiger partial charge on any atom is -0.473 e. The van der Waals surface area contributed by atoms with Crippen molar-refractivity contribution in [3.8, 4) is 17.1 Å². The predicted octanol–water partition coefficient (Wildman–Crippen LogP) is 2.87. The molecule has 2 aromatic carbocycles. The lowest BCUT2D eigenvalue weighted by Gasteiger charge is -2.29. The van der Waals surface area contributed by atoms with E-state index in [1.807, 2.05) is 32.0 Å². The molecular weight excluding hydrogens is 454 g/mol. The monoisotopic (exact) mass is 479 g/mol. The highest BCUT2D eigenvalue weighted by Gasteiger charge is 2.30. The maximum Gasteiger partial charge on any atom is 0.264 e. The van der Waals surface area contributed by atoms with Gasteiger partial charge in [-0.25, -0.2) is 18.1 Å². The Morgan fingerprint density at radius 3 is 2.56 bits per heavy atom. The third kappa shape index (κ3) is 4.46. The molecule has 34 heavy (non-hydrogen) atoms. The van der Waals surface area contributed by atoms with Crippen molar-refractivity contribution in [2.45, 2.75) is 31.3 Å². The number of rotatable bonds is 1. The highest BCUT2D eigenvalue weighted by molar-refractivity contribution is 7.92. The third-order valence-electron chi connectivity index (χ3n) is 6.05. The lowest BCUT2D eigenvalue weighted by Crippen LogP contribution is -2.46. The summed E-state index contributed by atoms with van der Waals surface area (Å²) in [5.74, 6) is -0.370. The number of piperidine rings is 1. The Balaban J connectivity index is 1.65. The first-order valence-corrected chi connectivity index (χ1v) is 12.5. The van der Waals surface area contributed by atoms with Crippen LogP contribution in [0.5, 0.6) is 5.88 Å². The molecule has 1 amide bonds. The first kappa shape index (κ1) is 22.3. The van der Waals surface area contributed by atoms with Crippen molar-refractivity contribution in [2.75, 3.05) is 23.1 Å². The van der Waals surface area contributed by atoms with Gasteiger partial charge in [-0.1, -0.05) is 24.3 Å². The zero-order valence-electron chi connectivity index (χ0n) is 18.8. The summed E-state index contributed by atoms with van der Waals surface area (Å²) >= 11 is 0. The quantitative estimate of drug-likeness (QED) is 0.491. The van der Waals surface area contributed by atoms with Crippen molar-refractivity contribution >= 4 is 27.6 Å². The maximum atomic E-state index is 13.1. The molecule has 0 spiro atoms. The largest absolute Gasteiger partial charge is 0.473 e. The van der Waals surface area contributed by atoms with E-state index in [1.54, 1.807) is 18.2 Å². The van der Waals surface area contributed by atoms with Gasteiger partial charge in [0.1, 0.15) is 6.10 Å². The Morgan fingerprint density at radius 2 is 1.76 bits per heavy atom. The van der Waals surface area contributed by atoms with Gasteiger partial charge in [-0.3, -0.25) is 4.79 Å². The lowest BCUT2D eigenvalue weighted by molar-refractivity contribution is -0.121. The molecule has 10 heteroatoms. The molecule has 0 unspecified atom stereocenters. The Morgan fingerprint density at radius 1 is 1.00 bits per heavy atom. The van der Waals surface area contributed by atoms with Crippen molar-refractivity contribution in [3.63, 3.8) is 0 Å². The summed E-state index contributed by atoms with van der Waals surface area (Å²) in [6.45, 7) is 5.00. The van der Waals surface area contributed by atoms with E-state index in [1.165, 1.54) is 12.1 Å². The van der Waals surface area contributed by atoms with E-state index in [4.69, 9.17) is 4.74 Å². The molecule has 176 valence electrons. The predicted molar refractivity (Wildman–Crippen MR) is 128 cm³/mol. The molecular formula is C24H25N5O4S. The lowest BCUT2D eigenvalue weighted by atomic mass is 9.96. The first-order valence-electron chi connectivity index (χ1n) is 11.1. The normalized spacial score (nSPS) is 21.4. The third-order valence-corrected chi connectivity index (χ3v) is 7.37. The van der Waals surface area contributed by atoms with Crippen LogP contribution in [-0.4, -0.2) is 43.5 Å². The van der Waals surface area contributed by atoms with Crippen LogP contribution in [0.25, 0.3) is 11.3 Å². The summed E-state index contributed by atoms with van der Waals surface area (Å²) in [6, 6.07) is 13.7. The van der Waals surface area contributed by atoms with E-state index < -0.39 is 10.0 Å². The summed E-state index contributed by atoms with van der Waals surface area (Å²) in [4.78, 5) is 21.7. The van der Waals surface area contributed by atoms with Crippen molar-refractivity contribution < 1.29 is 17.9 Å². The number of anilines is 2. The second-order valence-corrected chi connectivity index (χ2v) is 10.3. The average Bonchev–Trinajstić information content (AvgIpc) is 2.78. The summed E-state index contributed by atoms with van der Waals surface area (Å²) in [7, 11) is -4.02. The van der Waals surface area contributed by atoms with Crippen molar-refractivity contribution in [2.24, 2.45) is 5.92 Å². The number of fused-ring (bicyclic) bond motifs is 6. The van der Waals surface area contributed by atoms with Crippen molar-refractivity contribution in [1.82, 2.24) is 15.3 Å². The van der Waals surface area contributed by atoms with Gasteiger partial charge in [0.15, 0.2) is 0 Å². The van der Waals surface area contributed by atoms with Crippen LogP contribution in [0.3, 0.4) is 0 Å². The van der Waals surface area contributed by atoms with E-state index >= 15 is 0 Å². The van der Waals surface area contributed by atoms with Crippen LogP contribution in [0.4, 0.5) is 11.6 Å². The van der Waals surface area contributed by atoms with Gasteiger partial charge in [0.2, 0.25) is 17.7 Å². The van der Waals surface area contributed by atoms with Crippen LogP contribution in [0.2, 0.25) is 0 Å². The number of hydrogen-bond acceptors (Lipinski definition) is 7.